The Morgan fingerprint density at radius 2 is 1.62 bits per heavy atom. The van der Waals surface area contributed by atoms with E-state index in [0.29, 0.717) is 0 Å². The van der Waals surface area contributed by atoms with Crippen molar-refractivity contribution in [3.05, 3.63) is 0 Å². The third-order valence-electron chi connectivity index (χ3n) is 3.15. The number of aliphatic carboxylic acids is 1. The lowest BCUT2D eigenvalue weighted by Crippen LogP contribution is -2.44. The minimum atomic E-state index is -1.06. The number of methoxy groups -OCH3 is 1. The number of carboxylic acids is 1. The topological polar surface area (TPSA) is 105 Å². The number of ether oxygens (including phenoxy) is 2. The number of carboxylic acid groups (broad SMARTS) is 1. The Balaban J connectivity index is 0.000000441. The molecule has 0 bridgehead atoms. The highest BCUT2D eigenvalue weighted by molar-refractivity contribution is 5.80. The van der Waals surface area contributed by atoms with Gasteiger partial charge in [-0.3, -0.25) is 0 Å². The van der Waals surface area contributed by atoms with Gasteiger partial charge in [-0.1, -0.05) is 13.8 Å². The van der Waals surface area contributed by atoms with Gasteiger partial charge in [0.15, 0.2) is 0 Å². The fourth-order valence-corrected chi connectivity index (χ4v) is 1.93. The predicted octanol–water partition coefficient (Wildman–Crippen LogP) is 2.47. The molecular weight excluding hydrogens is 316 g/mol. The van der Waals surface area contributed by atoms with E-state index < -0.39 is 18.1 Å². The fraction of sp³-hybridized carbons (Fsp3) is 0.812. The molecule has 0 aromatic rings. The maximum Gasteiger partial charge on any atom is 0.410 e. The second-order valence-corrected chi connectivity index (χ2v) is 6.87. The first-order valence-electron chi connectivity index (χ1n) is 8.03. The number of hydrogen-bond acceptors (Lipinski definition) is 5. The van der Waals surface area contributed by atoms with Crippen LogP contribution in [0.2, 0.25) is 0 Å². The highest BCUT2D eigenvalue weighted by Gasteiger charge is 2.24. The Labute approximate surface area is 143 Å². The van der Waals surface area contributed by atoms with Crippen molar-refractivity contribution >= 4 is 18.2 Å². The molecule has 8 nitrogen and oxygen atoms in total. The number of carbonyl (C=O) groups excluding carboxylic acids is 2. The standard InChI is InChI=1S/C9H17NO2.C7H13NO4/c1-9(2,3)12-8(11)10-6-4-5-7-10;1-4(2)5(6(9)10)8-7(11)12-3/h4-7H2,1-3H3;4-5H,1-3H3,(H,8,11)(H,9,10). The van der Waals surface area contributed by atoms with Crippen LogP contribution in [-0.2, 0) is 14.3 Å². The van der Waals surface area contributed by atoms with E-state index in [1.165, 1.54) is 7.11 Å². The minimum absolute atomic E-state index is 0.165. The molecule has 1 saturated heterocycles. The molecule has 1 heterocycles. The average Bonchev–Trinajstić information content (AvgIpc) is 2.96. The van der Waals surface area contributed by atoms with Crippen molar-refractivity contribution in [2.45, 2.75) is 59.1 Å². The quantitative estimate of drug-likeness (QED) is 0.813. The van der Waals surface area contributed by atoms with Crippen molar-refractivity contribution in [2.75, 3.05) is 20.2 Å². The zero-order valence-corrected chi connectivity index (χ0v) is 15.4. The molecule has 0 aromatic heterocycles. The molecular formula is C16H30N2O6. The second-order valence-electron chi connectivity index (χ2n) is 6.87. The molecule has 0 aliphatic carbocycles. The molecule has 1 atom stereocenters. The van der Waals surface area contributed by atoms with Gasteiger partial charge in [-0.15, -0.1) is 0 Å². The van der Waals surface area contributed by atoms with E-state index >= 15 is 0 Å². The van der Waals surface area contributed by atoms with E-state index in [-0.39, 0.29) is 17.6 Å². The molecule has 1 rings (SSSR count). The fourth-order valence-electron chi connectivity index (χ4n) is 1.93. The third-order valence-corrected chi connectivity index (χ3v) is 3.15. The highest BCUT2D eigenvalue weighted by Crippen LogP contribution is 2.14. The average molecular weight is 346 g/mol. The Hall–Kier alpha value is -1.99. The summed E-state index contributed by atoms with van der Waals surface area (Å²) in [4.78, 5) is 34.3. The molecule has 1 aliphatic heterocycles. The smallest absolute Gasteiger partial charge is 0.410 e. The van der Waals surface area contributed by atoms with Crippen molar-refractivity contribution in [1.82, 2.24) is 10.2 Å². The molecule has 2 N–H and O–H groups in total. The van der Waals surface area contributed by atoms with Crippen molar-refractivity contribution in [1.29, 1.82) is 0 Å². The van der Waals surface area contributed by atoms with Gasteiger partial charge in [-0.2, -0.15) is 0 Å². The summed E-state index contributed by atoms with van der Waals surface area (Å²) in [5, 5.41) is 10.8. The number of hydrogen-bond donors (Lipinski definition) is 2. The summed E-state index contributed by atoms with van der Waals surface area (Å²) >= 11 is 0. The van der Waals surface area contributed by atoms with Crippen molar-refractivity contribution in [3.63, 3.8) is 0 Å². The maximum atomic E-state index is 11.4. The van der Waals surface area contributed by atoms with Gasteiger partial charge in [0, 0.05) is 13.1 Å². The van der Waals surface area contributed by atoms with Crippen LogP contribution < -0.4 is 5.32 Å². The number of alkyl carbamates (subject to hydrolysis) is 1. The molecule has 2 amide bonds. The van der Waals surface area contributed by atoms with E-state index in [2.05, 4.69) is 10.1 Å². The molecule has 0 aromatic carbocycles. The lowest BCUT2D eigenvalue weighted by molar-refractivity contribution is -0.140. The van der Waals surface area contributed by atoms with Crippen LogP contribution in [0.25, 0.3) is 0 Å². The van der Waals surface area contributed by atoms with Gasteiger partial charge in [-0.05, 0) is 39.5 Å². The summed E-state index contributed by atoms with van der Waals surface area (Å²) in [5.41, 5.74) is -0.361. The van der Waals surface area contributed by atoms with Crippen molar-refractivity contribution in [2.24, 2.45) is 5.92 Å². The summed E-state index contributed by atoms with van der Waals surface area (Å²) in [6, 6.07) is -0.891. The van der Waals surface area contributed by atoms with Crippen LogP contribution in [0, 0.1) is 5.92 Å². The molecule has 1 unspecified atom stereocenters. The van der Waals surface area contributed by atoms with E-state index in [1.807, 2.05) is 20.8 Å². The van der Waals surface area contributed by atoms with Gasteiger partial charge in [-0.25, -0.2) is 14.4 Å². The number of rotatable bonds is 3. The van der Waals surface area contributed by atoms with Gasteiger partial charge in [0.05, 0.1) is 7.11 Å². The first kappa shape index (κ1) is 22.0. The molecule has 1 aliphatic rings. The van der Waals surface area contributed by atoms with Crippen LogP contribution in [-0.4, -0.2) is 60.0 Å². The van der Waals surface area contributed by atoms with Crippen molar-refractivity contribution in [3.8, 4) is 0 Å². The molecule has 0 radical (unpaired) electrons. The van der Waals surface area contributed by atoms with E-state index in [4.69, 9.17) is 9.84 Å². The summed E-state index contributed by atoms with van der Waals surface area (Å²) in [6.07, 6.45) is 1.33. The number of carbonyl (C=O) groups is 3. The SMILES string of the molecule is CC(C)(C)OC(=O)N1CCCC1.COC(=O)NC(C(=O)O)C(C)C. The molecule has 1 fully saturated rings. The van der Waals surface area contributed by atoms with Gasteiger partial charge < -0.3 is 24.8 Å². The zero-order chi connectivity index (χ0) is 18.9. The highest BCUT2D eigenvalue weighted by atomic mass is 16.6. The monoisotopic (exact) mass is 346 g/mol. The van der Waals surface area contributed by atoms with Crippen molar-refractivity contribution < 1.29 is 29.0 Å². The first-order chi connectivity index (χ1) is 11.0. The Bertz CT molecular complexity index is 425. The molecule has 24 heavy (non-hydrogen) atoms. The van der Waals surface area contributed by atoms with Crippen LogP contribution >= 0.6 is 0 Å². The summed E-state index contributed by atoms with van der Waals surface area (Å²) < 4.78 is 9.48. The molecule has 8 heteroatoms. The van der Waals surface area contributed by atoms with Crippen LogP contribution in [0.5, 0.6) is 0 Å². The van der Waals surface area contributed by atoms with Crippen LogP contribution in [0.4, 0.5) is 9.59 Å². The normalized spacial score (nSPS) is 15.2. The third kappa shape index (κ3) is 9.22. The second kappa shape index (κ2) is 10.00. The Morgan fingerprint density at radius 1 is 1.12 bits per heavy atom. The number of likely N-dealkylation sites (tertiary alicyclic amines) is 1. The zero-order valence-electron chi connectivity index (χ0n) is 15.4. The summed E-state index contributed by atoms with van der Waals surface area (Å²) in [5.74, 6) is -1.22. The largest absolute Gasteiger partial charge is 0.480 e. The Kier molecular flexibility index (Phi) is 9.17. The van der Waals surface area contributed by atoms with Gasteiger partial charge in [0.1, 0.15) is 11.6 Å². The van der Waals surface area contributed by atoms with Crippen LogP contribution in [0.1, 0.15) is 47.5 Å². The molecule has 140 valence electrons. The number of nitrogens with zero attached hydrogens (tertiary/aromatic N) is 1. The number of amides is 2. The molecule has 0 saturated carbocycles. The van der Waals surface area contributed by atoms with Gasteiger partial charge in [0.2, 0.25) is 0 Å². The minimum Gasteiger partial charge on any atom is -0.480 e. The van der Waals surface area contributed by atoms with Gasteiger partial charge in [0.25, 0.3) is 0 Å². The lowest BCUT2D eigenvalue weighted by Gasteiger charge is -2.23. The van der Waals surface area contributed by atoms with E-state index in [1.54, 1.807) is 18.7 Å². The lowest BCUT2D eigenvalue weighted by atomic mass is 10.1. The van der Waals surface area contributed by atoms with Crippen LogP contribution in [0.3, 0.4) is 0 Å². The first-order valence-corrected chi connectivity index (χ1v) is 8.03. The van der Waals surface area contributed by atoms with Crippen LogP contribution in [0.15, 0.2) is 0 Å². The Morgan fingerprint density at radius 3 is 1.96 bits per heavy atom. The summed E-state index contributed by atoms with van der Waals surface area (Å²) in [7, 11) is 1.19. The van der Waals surface area contributed by atoms with E-state index in [0.717, 1.165) is 25.9 Å². The van der Waals surface area contributed by atoms with Gasteiger partial charge >= 0.3 is 18.2 Å². The molecule has 0 spiro atoms. The predicted molar refractivity (Wildman–Crippen MR) is 88.8 cm³/mol. The van der Waals surface area contributed by atoms with E-state index in [9.17, 15) is 14.4 Å². The maximum absolute atomic E-state index is 11.4. The summed E-state index contributed by atoms with van der Waals surface area (Å²) in [6.45, 7) is 10.8. The number of nitrogens with one attached hydrogen (secondary N) is 1.